The zero-order chi connectivity index (χ0) is 21.9. The van der Waals surface area contributed by atoms with Gasteiger partial charge < -0.3 is 9.47 Å². The van der Waals surface area contributed by atoms with E-state index in [1.165, 1.54) is 23.5 Å². The first-order valence-corrected chi connectivity index (χ1v) is 10.7. The first kappa shape index (κ1) is 22.1. The number of hydrogen-bond donors (Lipinski definition) is 0. The normalized spacial score (nSPS) is 14.8. The van der Waals surface area contributed by atoms with Gasteiger partial charge in [-0.05, 0) is 53.9 Å². The second-order valence-electron chi connectivity index (χ2n) is 6.78. The highest BCUT2D eigenvalue weighted by Gasteiger charge is 2.30. The van der Waals surface area contributed by atoms with Crippen LogP contribution in [0.3, 0.4) is 0 Å². The van der Waals surface area contributed by atoms with Crippen LogP contribution in [0.15, 0.2) is 42.5 Å². The molecule has 0 N–H and O–H groups in total. The minimum Gasteiger partial charge on any atom is -0.469 e. The Morgan fingerprint density at radius 1 is 1.07 bits per heavy atom. The first-order chi connectivity index (χ1) is 14.1. The summed E-state index contributed by atoms with van der Waals surface area (Å²) < 4.78 is 74.4. The molecule has 2 aromatic carbocycles. The maximum atomic E-state index is 12.7. The molecular weight excluding hydrogens is 423 g/mol. The molecule has 0 aromatic heterocycles. The van der Waals surface area contributed by atoms with Gasteiger partial charge in [0.2, 0.25) is 10.0 Å². The molecule has 0 bridgehead atoms. The third kappa shape index (κ3) is 5.31. The number of sulfonamides is 1. The molecule has 0 amide bonds. The van der Waals surface area contributed by atoms with Gasteiger partial charge in [0.1, 0.15) is 11.5 Å². The first-order valence-electron chi connectivity index (χ1n) is 9.10. The van der Waals surface area contributed by atoms with Crippen molar-refractivity contribution in [2.24, 2.45) is 0 Å². The monoisotopic (exact) mass is 443 g/mol. The molecule has 0 atom stereocenters. The van der Waals surface area contributed by atoms with E-state index in [-0.39, 0.29) is 24.5 Å². The number of carbonyl (C=O) groups excluding carboxylic acids is 1. The fraction of sp³-hybridized carbons (Fsp3) is 0.350. The molecule has 0 radical (unpaired) electrons. The molecule has 162 valence electrons. The SMILES string of the molecule is COC(=O)CCS(=O)(=O)N1CCc2ccc(Oc3ccc(C(F)(F)F)cc3)cc2C1. The number of rotatable bonds is 6. The summed E-state index contributed by atoms with van der Waals surface area (Å²) in [4.78, 5) is 11.2. The standard InChI is InChI=1S/C20H20F3NO5S/c1-28-19(25)9-11-30(26,27)24-10-8-14-2-5-18(12-15(14)13-24)29-17-6-3-16(4-7-17)20(21,22)23/h2-7,12H,8-11,13H2,1H3. The molecule has 0 saturated carbocycles. The van der Waals surface area contributed by atoms with E-state index >= 15 is 0 Å². The van der Waals surface area contributed by atoms with Crippen LogP contribution >= 0.6 is 0 Å². The van der Waals surface area contributed by atoms with Gasteiger partial charge in [-0.25, -0.2) is 8.42 Å². The number of nitrogens with zero attached hydrogens (tertiary/aromatic N) is 1. The number of fused-ring (bicyclic) bond motifs is 1. The number of hydrogen-bond acceptors (Lipinski definition) is 5. The zero-order valence-electron chi connectivity index (χ0n) is 16.1. The van der Waals surface area contributed by atoms with Crippen LogP contribution in [0.25, 0.3) is 0 Å². The highest BCUT2D eigenvalue weighted by molar-refractivity contribution is 7.89. The second kappa shape index (κ2) is 8.65. The Morgan fingerprint density at radius 3 is 2.37 bits per heavy atom. The molecule has 3 rings (SSSR count). The van der Waals surface area contributed by atoms with E-state index in [9.17, 15) is 26.4 Å². The van der Waals surface area contributed by atoms with Crippen molar-refractivity contribution in [3.63, 3.8) is 0 Å². The minimum atomic E-state index is -4.42. The lowest BCUT2D eigenvalue weighted by Gasteiger charge is -2.28. The third-order valence-corrected chi connectivity index (χ3v) is 6.58. The maximum absolute atomic E-state index is 12.7. The van der Waals surface area contributed by atoms with Crippen LogP contribution in [-0.4, -0.2) is 38.1 Å². The summed E-state index contributed by atoms with van der Waals surface area (Å²) in [5.41, 5.74) is 0.939. The third-order valence-electron chi connectivity index (χ3n) is 4.76. The Labute approximate surface area is 172 Å². The lowest BCUT2D eigenvalue weighted by atomic mass is 10.0. The van der Waals surface area contributed by atoms with Crippen LogP contribution in [0, 0.1) is 0 Å². The fourth-order valence-corrected chi connectivity index (χ4v) is 4.49. The second-order valence-corrected chi connectivity index (χ2v) is 8.87. The van der Waals surface area contributed by atoms with E-state index in [1.54, 1.807) is 12.1 Å². The molecule has 0 aliphatic carbocycles. The largest absolute Gasteiger partial charge is 0.469 e. The summed E-state index contributed by atoms with van der Waals surface area (Å²) in [7, 11) is -2.44. The van der Waals surface area contributed by atoms with Crippen LogP contribution in [0.5, 0.6) is 11.5 Å². The van der Waals surface area contributed by atoms with Gasteiger partial charge in [-0.1, -0.05) is 6.07 Å². The van der Waals surface area contributed by atoms with Crippen molar-refractivity contribution in [2.75, 3.05) is 19.4 Å². The Kier molecular flexibility index (Phi) is 6.37. The van der Waals surface area contributed by atoms with E-state index < -0.39 is 27.7 Å². The van der Waals surface area contributed by atoms with Gasteiger partial charge in [-0.2, -0.15) is 17.5 Å². The molecule has 1 aliphatic heterocycles. The van der Waals surface area contributed by atoms with Crippen molar-refractivity contribution in [3.05, 3.63) is 59.2 Å². The van der Waals surface area contributed by atoms with Crippen LogP contribution in [0.4, 0.5) is 13.2 Å². The maximum Gasteiger partial charge on any atom is 0.416 e. The minimum absolute atomic E-state index is 0.128. The van der Waals surface area contributed by atoms with Crippen molar-refractivity contribution < 1.29 is 35.9 Å². The Hall–Kier alpha value is -2.59. The number of carbonyl (C=O) groups is 1. The fourth-order valence-electron chi connectivity index (χ4n) is 3.10. The van der Waals surface area contributed by atoms with Gasteiger partial charge >= 0.3 is 12.1 Å². The quantitative estimate of drug-likeness (QED) is 0.636. The van der Waals surface area contributed by atoms with Crippen LogP contribution in [0.2, 0.25) is 0 Å². The van der Waals surface area contributed by atoms with E-state index in [1.807, 2.05) is 6.07 Å². The van der Waals surface area contributed by atoms with Crippen molar-refractivity contribution >= 4 is 16.0 Å². The van der Waals surface area contributed by atoms with Gasteiger partial charge in [-0.3, -0.25) is 4.79 Å². The van der Waals surface area contributed by atoms with Crippen LogP contribution < -0.4 is 4.74 Å². The molecule has 10 heteroatoms. The van der Waals surface area contributed by atoms with Gasteiger partial charge in [-0.15, -0.1) is 0 Å². The summed E-state index contributed by atoms with van der Waals surface area (Å²) in [5.74, 6) is -0.302. The molecule has 1 aliphatic rings. The Balaban J connectivity index is 1.71. The smallest absolute Gasteiger partial charge is 0.416 e. The van der Waals surface area contributed by atoms with E-state index in [4.69, 9.17) is 4.74 Å². The summed E-state index contributed by atoms with van der Waals surface area (Å²) in [5, 5.41) is 0. The van der Waals surface area contributed by atoms with Gasteiger partial charge in [0, 0.05) is 13.1 Å². The van der Waals surface area contributed by atoms with Crippen molar-refractivity contribution in [2.45, 2.75) is 25.6 Å². The summed E-state index contributed by atoms with van der Waals surface area (Å²) in [6.07, 6.45) is -4.14. The molecule has 1 heterocycles. The van der Waals surface area contributed by atoms with Gasteiger partial charge in [0.25, 0.3) is 0 Å². The molecule has 0 spiro atoms. The lowest BCUT2D eigenvalue weighted by Crippen LogP contribution is -2.37. The number of benzene rings is 2. The zero-order valence-corrected chi connectivity index (χ0v) is 16.9. The van der Waals surface area contributed by atoms with Crippen LogP contribution in [0.1, 0.15) is 23.1 Å². The van der Waals surface area contributed by atoms with Gasteiger partial charge in [0.15, 0.2) is 0 Å². The summed E-state index contributed by atoms with van der Waals surface area (Å²) in [6, 6.07) is 9.50. The lowest BCUT2D eigenvalue weighted by molar-refractivity contribution is -0.140. The summed E-state index contributed by atoms with van der Waals surface area (Å²) >= 11 is 0. The van der Waals surface area contributed by atoms with Gasteiger partial charge in [0.05, 0.1) is 24.8 Å². The Morgan fingerprint density at radius 2 is 1.73 bits per heavy atom. The Bertz CT molecular complexity index is 1020. The molecule has 2 aromatic rings. The van der Waals surface area contributed by atoms with E-state index in [2.05, 4.69) is 4.74 Å². The highest BCUT2D eigenvalue weighted by Crippen LogP contribution is 2.32. The number of halogens is 3. The highest BCUT2D eigenvalue weighted by atomic mass is 32.2. The van der Waals surface area contributed by atoms with Crippen molar-refractivity contribution in [3.8, 4) is 11.5 Å². The predicted octanol–water partition coefficient (Wildman–Crippen LogP) is 3.75. The van der Waals surface area contributed by atoms with E-state index in [0.29, 0.717) is 18.7 Å². The number of esters is 1. The van der Waals surface area contributed by atoms with Crippen molar-refractivity contribution in [1.82, 2.24) is 4.31 Å². The average Bonchev–Trinajstić information content (AvgIpc) is 2.71. The predicted molar refractivity (Wildman–Crippen MR) is 102 cm³/mol. The average molecular weight is 443 g/mol. The number of alkyl halides is 3. The molecule has 0 unspecified atom stereocenters. The molecule has 0 saturated heterocycles. The number of ether oxygens (including phenoxy) is 2. The van der Waals surface area contributed by atoms with E-state index in [0.717, 1.165) is 23.3 Å². The van der Waals surface area contributed by atoms with Crippen LogP contribution in [-0.2, 0) is 38.7 Å². The number of methoxy groups -OCH3 is 1. The topological polar surface area (TPSA) is 72.9 Å². The molecule has 0 fully saturated rings. The molecule has 30 heavy (non-hydrogen) atoms. The molecular formula is C20H20F3NO5S. The summed E-state index contributed by atoms with van der Waals surface area (Å²) in [6.45, 7) is 0.429. The molecule has 6 nitrogen and oxygen atoms in total. The van der Waals surface area contributed by atoms with Crippen molar-refractivity contribution in [1.29, 1.82) is 0 Å².